The molecule has 1 fully saturated rings. The first kappa shape index (κ1) is 13.8. The number of carbonyl (C=O) groups is 1. The second kappa shape index (κ2) is 6.55. The summed E-state index contributed by atoms with van der Waals surface area (Å²) >= 11 is 0. The Balaban J connectivity index is 2.16. The van der Waals surface area contributed by atoms with Crippen LogP contribution in [0.3, 0.4) is 0 Å². The first-order chi connectivity index (χ1) is 9.27. The van der Waals surface area contributed by atoms with Crippen molar-refractivity contribution in [3.8, 4) is 0 Å². The number of nitrogens with one attached hydrogen (secondary N) is 1. The fourth-order valence-electron chi connectivity index (χ4n) is 2.21. The molecular formula is C15H23N3O. The monoisotopic (exact) mass is 261 g/mol. The van der Waals surface area contributed by atoms with Crippen molar-refractivity contribution in [2.75, 3.05) is 18.4 Å². The van der Waals surface area contributed by atoms with E-state index < -0.39 is 0 Å². The van der Waals surface area contributed by atoms with Gasteiger partial charge in [-0.25, -0.2) is 0 Å². The van der Waals surface area contributed by atoms with Crippen molar-refractivity contribution < 1.29 is 4.79 Å². The van der Waals surface area contributed by atoms with Crippen molar-refractivity contribution >= 4 is 11.6 Å². The van der Waals surface area contributed by atoms with Crippen molar-refractivity contribution in [2.24, 2.45) is 0 Å². The molecule has 1 aromatic rings. The molecule has 19 heavy (non-hydrogen) atoms. The second-order valence-corrected chi connectivity index (χ2v) is 5.08. The van der Waals surface area contributed by atoms with Gasteiger partial charge in [0.25, 0.3) is 5.91 Å². The normalized spacial score (nSPS) is 14.2. The predicted molar refractivity (Wildman–Crippen MR) is 77.4 cm³/mol. The maximum Gasteiger partial charge on any atom is 0.257 e. The molecule has 1 aliphatic carbocycles. The number of carbonyl (C=O) groups excluding carboxylic acids is 1. The summed E-state index contributed by atoms with van der Waals surface area (Å²) in [5, 5.41) is 3.31. The van der Waals surface area contributed by atoms with Crippen molar-refractivity contribution in [1.29, 1.82) is 0 Å². The zero-order valence-corrected chi connectivity index (χ0v) is 11.9. The fourth-order valence-corrected chi connectivity index (χ4v) is 2.21. The Morgan fingerprint density at radius 1 is 1.42 bits per heavy atom. The van der Waals surface area contributed by atoms with Crippen molar-refractivity contribution in [3.05, 3.63) is 24.0 Å². The van der Waals surface area contributed by atoms with Gasteiger partial charge in [-0.2, -0.15) is 0 Å². The van der Waals surface area contributed by atoms with Crippen LogP contribution in [0.15, 0.2) is 18.5 Å². The van der Waals surface area contributed by atoms with Crippen LogP contribution in [-0.2, 0) is 0 Å². The van der Waals surface area contributed by atoms with Crippen molar-refractivity contribution in [3.63, 3.8) is 0 Å². The van der Waals surface area contributed by atoms with E-state index in [2.05, 4.69) is 24.1 Å². The Morgan fingerprint density at radius 2 is 2.21 bits per heavy atom. The summed E-state index contributed by atoms with van der Waals surface area (Å²) in [5.74, 6) is 0.121. The number of aromatic nitrogens is 1. The van der Waals surface area contributed by atoms with Gasteiger partial charge in [-0.1, -0.05) is 13.8 Å². The number of hydrogen-bond donors (Lipinski definition) is 1. The van der Waals surface area contributed by atoms with Gasteiger partial charge in [0.05, 0.1) is 11.3 Å². The molecule has 0 radical (unpaired) electrons. The summed E-state index contributed by atoms with van der Waals surface area (Å²) in [5.41, 5.74) is 1.61. The minimum atomic E-state index is 0.121. The molecule has 1 N–H and O–H groups in total. The van der Waals surface area contributed by atoms with Gasteiger partial charge in [-0.3, -0.25) is 9.78 Å². The number of rotatable bonds is 7. The zero-order chi connectivity index (χ0) is 13.7. The van der Waals surface area contributed by atoms with Crippen LogP contribution in [0.4, 0.5) is 5.69 Å². The average molecular weight is 261 g/mol. The Labute approximate surface area is 115 Å². The van der Waals surface area contributed by atoms with Gasteiger partial charge in [0.2, 0.25) is 0 Å². The van der Waals surface area contributed by atoms with Gasteiger partial charge < -0.3 is 10.2 Å². The summed E-state index contributed by atoms with van der Waals surface area (Å²) in [6.45, 7) is 5.94. The van der Waals surface area contributed by atoms with Gasteiger partial charge in [0.15, 0.2) is 0 Å². The first-order valence-corrected chi connectivity index (χ1v) is 7.26. The van der Waals surface area contributed by atoms with Gasteiger partial charge in [0.1, 0.15) is 0 Å². The molecule has 0 atom stereocenters. The molecule has 0 aromatic carbocycles. The Bertz CT molecular complexity index is 429. The summed E-state index contributed by atoms with van der Waals surface area (Å²) in [7, 11) is 0. The van der Waals surface area contributed by atoms with E-state index in [4.69, 9.17) is 0 Å². The van der Waals surface area contributed by atoms with Gasteiger partial charge >= 0.3 is 0 Å². The highest BCUT2D eigenvalue weighted by Gasteiger charge is 2.33. The standard InChI is InChI=1S/C15H23N3O/c1-3-8-17-14-7-9-16-11-13(14)15(19)18(10-4-2)12-5-6-12/h7,9,11-12H,3-6,8,10H2,1-2H3,(H,16,17). The molecule has 0 unspecified atom stereocenters. The number of nitrogens with zero attached hydrogens (tertiary/aromatic N) is 2. The maximum absolute atomic E-state index is 12.6. The van der Waals surface area contributed by atoms with Crippen LogP contribution in [0.5, 0.6) is 0 Å². The molecule has 1 saturated carbocycles. The molecule has 1 aromatic heterocycles. The lowest BCUT2D eigenvalue weighted by atomic mass is 10.2. The van der Waals surface area contributed by atoms with Crippen LogP contribution in [0.25, 0.3) is 0 Å². The molecule has 0 saturated heterocycles. The Morgan fingerprint density at radius 3 is 2.84 bits per heavy atom. The Kier molecular flexibility index (Phi) is 4.77. The summed E-state index contributed by atoms with van der Waals surface area (Å²) in [6, 6.07) is 2.34. The number of hydrogen-bond acceptors (Lipinski definition) is 3. The quantitative estimate of drug-likeness (QED) is 0.821. The van der Waals surface area contributed by atoms with Crippen LogP contribution in [-0.4, -0.2) is 34.9 Å². The van der Waals surface area contributed by atoms with Crippen LogP contribution in [0.1, 0.15) is 49.9 Å². The summed E-state index contributed by atoms with van der Waals surface area (Å²) < 4.78 is 0. The largest absolute Gasteiger partial charge is 0.384 e. The van der Waals surface area contributed by atoms with Gasteiger partial charge in [-0.15, -0.1) is 0 Å². The third-order valence-electron chi connectivity index (χ3n) is 3.33. The van der Waals surface area contributed by atoms with E-state index in [-0.39, 0.29) is 5.91 Å². The van der Waals surface area contributed by atoms with Crippen LogP contribution in [0.2, 0.25) is 0 Å². The van der Waals surface area contributed by atoms with Crippen LogP contribution >= 0.6 is 0 Å². The highest BCUT2D eigenvalue weighted by Crippen LogP contribution is 2.29. The van der Waals surface area contributed by atoms with Crippen molar-refractivity contribution in [2.45, 2.75) is 45.6 Å². The smallest absolute Gasteiger partial charge is 0.257 e. The minimum absolute atomic E-state index is 0.121. The van der Waals surface area contributed by atoms with Crippen LogP contribution < -0.4 is 5.32 Å². The van der Waals surface area contributed by atoms with Crippen LogP contribution in [0, 0.1) is 0 Å². The second-order valence-electron chi connectivity index (χ2n) is 5.08. The van der Waals surface area contributed by atoms with E-state index in [0.29, 0.717) is 11.6 Å². The minimum Gasteiger partial charge on any atom is -0.384 e. The van der Waals surface area contributed by atoms with Gasteiger partial charge in [-0.05, 0) is 31.7 Å². The molecule has 0 aliphatic heterocycles. The molecular weight excluding hydrogens is 238 g/mol. The summed E-state index contributed by atoms with van der Waals surface area (Å²) in [6.07, 6.45) is 7.74. The molecule has 2 rings (SSSR count). The van der Waals surface area contributed by atoms with E-state index in [0.717, 1.165) is 44.5 Å². The third-order valence-corrected chi connectivity index (χ3v) is 3.33. The highest BCUT2D eigenvalue weighted by molar-refractivity contribution is 5.99. The summed E-state index contributed by atoms with van der Waals surface area (Å²) in [4.78, 5) is 18.8. The molecule has 4 heteroatoms. The molecule has 0 bridgehead atoms. The van der Waals surface area contributed by atoms with E-state index in [9.17, 15) is 4.79 Å². The average Bonchev–Trinajstić information content (AvgIpc) is 3.26. The zero-order valence-electron chi connectivity index (χ0n) is 11.9. The van der Waals surface area contributed by atoms with E-state index >= 15 is 0 Å². The molecule has 104 valence electrons. The Hall–Kier alpha value is -1.58. The molecule has 1 aliphatic rings. The lowest BCUT2D eigenvalue weighted by Gasteiger charge is -2.23. The number of pyridine rings is 1. The molecule has 0 spiro atoms. The van der Waals surface area contributed by atoms with E-state index in [1.165, 1.54) is 0 Å². The van der Waals surface area contributed by atoms with E-state index in [1.807, 2.05) is 11.0 Å². The van der Waals surface area contributed by atoms with E-state index in [1.54, 1.807) is 12.4 Å². The highest BCUT2D eigenvalue weighted by atomic mass is 16.2. The van der Waals surface area contributed by atoms with Gasteiger partial charge in [0, 0.05) is 31.5 Å². The predicted octanol–water partition coefficient (Wildman–Crippen LogP) is 2.92. The molecule has 1 heterocycles. The van der Waals surface area contributed by atoms with Crippen molar-refractivity contribution in [1.82, 2.24) is 9.88 Å². The topological polar surface area (TPSA) is 45.2 Å². The maximum atomic E-state index is 12.6. The number of anilines is 1. The first-order valence-electron chi connectivity index (χ1n) is 7.26. The SMILES string of the molecule is CCCNc1ccncc1C(=O)N(CCC)C1CC1. The third kappa shape index (κ3) is 3.46. The lowest BCUT2D eigenvalue weighted by Crippen LogP contribution is -2.34. The fraction of sp³-hybridized carbons (Fsp3) is 0.600. The lowest BCUT2D eigenvalue weighted by molar-refractivity contribution is 0.0743. The molecule has 4 nitrogen and oxygen atoms in total. The number of amides is 1. The molecule has 1 amide bonds.